The van der Waals surface area contributed by atoms with Crippen LogP contribution in [0.1, 0.15) is 63.6 Å². The lowest BCUT2D eigenvalue weighted by Crippen LogP contribution is -2.25. The number of carbonyl (C=O) groups excluding carboxylic acids is 1. The molecule has 0 unspecified atom stereocenters. The molecule has 0 spiro atoms. The van der Waals surface area contributed by atoms with Gasteiger partial charge in [-0.3, -0.25) is 9.69 Å². The largest absolute Gasteiger partial charge is 0.492 e. The van der Waals surface area contributed by atoms with Gasteiger partial charge in [0.25, 0.3) is 0 Å². The summed E-state index contributed by atoms with van der Waals surface area (Å²) in [7, 11) is 0. The van der Waals surface area contributed by atoms with E-state index in [2.05, 4.69) is 78.6 Å². The molecule has 1 fully saturated rings. The van der Waals surface area contributed by atoms with E-state index in [1.54, 1.807) is 0 Å². The smallest absolute Gasteiger partial charge is 0.316 e. The minimum absolute atomic E-state index is 0.236. The molecule has 200 valence electrons. The molecular weight excluding hydrogens is 470 g/mol. The molecule has 4 nitrogen and oxygen atoms in total. The molecule has 0 N–H and O–H groups in total. The Kier molecular flexibility index (Phi) is 9.41. The van der Waals surface area contributed by atoms with Crippen LogP contribution in [-0.2, 0) is 11.2 Å². The van der Waals surface area contributed by atoms with Crippen molar-refractivity contribution < 1.29 is 14.3 Å². The van der Waals surface area contributed by atoms with Crippen molar-refractivity contribution in [3.63, 3.8) is 0 Å². The highest BCUT2D eigenvalue weighted by atomic mass is 16.5. The summed E-state index contributed by atoms with van der Waals surface area (Å²) in [6.45, 7) is 11.9. The maximum absolute atomic E-state index is 12.4. The average molecular weight is 512 g/mol. The molecule has 1 saturated heterocycles. The molecule has 38 heavy (non-hydrogen) atoms. The maximum Gasteiger partial charge on any atom is 0.316 e. The fourth-order valence-electron chi connectivity index (χ4n) is 4.77. The number of hydrogen-bond acceptors (Lipinski definition) is 4. The summed E-state index contributed by atoms with van der Waals surface area (Å²) >= 11 is 0. The number of rotatable bonds is 10. The third-order valence-corrected chi connectivity index (χ3v) is 7.02. The van der Waals surface area contributed by atoms with Crippen LogP contribution in [0, 0.1) is 5.41 Å². The standard InChI is InChI=1S/C34H41NO3/c1-5-27(25-26-11-7-6-8-12-26)32(29-15-19-31(20-16-29)38-33(36)34(2,3)4)28-13-17-30(18-14-28)37-24-23-35-21-9-10-22-35/h6-8,11-20H,5,9-10,21-25H2,1-4H3/b32-27-. The van der Waals surface area contributed by atoms with Crippen LogP contribution in [0.2, 0.25) is 0 Å². The van der Waals surface area contributed by atoms with Crippen molar-refractivity contribution in [1.29, 1.82) is 0 Å². The van der Waals surface area contributed by atoms with Crippen LogP contribution in [-0.4, -0.2) is 37.1 Å². The van der Waals surface area contributed by atoms with E-state index in [1.807, 2.05) is 32.9 Å². The number of nitrogens with zero attached hydrogens (tertiary/aromatic N) is 1. The van der Waals surface area contributed by atoms with Gasteiger partial charge in [-0.2, -0.15) is 0 Å². The molecule has 0 bridgehead atoms. The Labute approximate surface area is 228 Å². The van der Waals surface area contributed by atoms with Crippen LogP contribution in [0.4, 0.5) is 0 Å². The second-order valence-electron chi connectivity index (χ2n) is 11.1. The molecule has 0 aliphatic carbocycles. The van der Waals surface area contributed by atoms with Crippen molar-refractivity contribution in [2.24, 2.45) is 5.41 Å². The maximum atomic E-state index is 12.4. The fraction of sp³-hybridized carbons (Fsp3) is 0.382. The SMILES string of the molecule is CC/C(Cc1ccccc1)=C(\c1ccc(OCCN2CCCC2)cc1)c1ccc(OC(=O)C(C)(C)C)cc1. The summed E-state index contributed by atoms with van der Waals surface area (Å²) < 4.78 is 11.7. The van der Waals surface area contributed by atoms with Crippen molar-refractivity contribution in [2.45, 2.75) is 53.4 Å². The van der Waals surface area contributed by atoms with E-state index in [4.69, 9.17) is 9.47 Å². The number of benzene rings is 3. The number of carbonyl (C=O) groups is 1. The molecule has 3 aromatic rings. The molecule has 4 heteroatoms. The molecule has 0 radical (unpaired) electrons. The van der Waals surface area contributed by atoms with Crippen LogP contribution in [0.15, 0.2) is 84.4 Å². The molecule has 4 rings (SSSR count). The van der Waals surface area contributed by atoms with Gasteiger partial charge in [-0.25, -0.2) is 0 Å². The molecule has 1 heterocycles. The van der Waals surface area contributed by atoms with Crippen LogP contribution >= 0.6 is 0 Å². The van der Waals surface area contributed by atoms with Gasteiger partial charge in [0, 0.05) is 6.54 Å². The zero-order chi connectivity index (χ0) is 27.0. The minimum atomic E-state index is -0.549. The molecule has 0 saturated carbocycles. The number of esters is 1. The number of hydrogen-bond donors (Lipinski definition) is 0. The van der Waals surface area contributed by atoms with E-state index in [-0.39, 0.29) is 5.97 Å². The van der Waals surface area contributed by atoms with Crippen molar-refractivity contribution in [3.8, 4) is 11.5 Å². The number of ether oxygens (including phenoxy) is 2. The first-order chi connectivity index (χ1) is 18.3. The highest BCUT2D eigenvalue weighted by Crippen LogP contribution is 2.33. The highest BCUT2D eigenvalue weighted by molar-refractivity contribution is 5.83. The van der Waals surface area contributed by atoms with Gasteiger partial charge in [0.05, 0.1) is 5.41 Å². The summed E-state index contributed by atoms with van der Waals surface area (Å²) in [5.41, 5.74) is 5.58. The third-order valence-electron chi connectivity index (χ3n) is 7.02. The molecule has 1 aliphatic heterocycles. The lowest BCUT2D eigenvalue weighted by atomic mass is 9.88. The van der Waals surface area contributed by atoms with Crippen molar-refractivity contribution in [1.82, 2.24) is 4.90 Å². The Morgan fingerprint density at radius 2 is 1.39 bits per heavy atom. The first kappa shape index (κ1) is 27.7. The van der Waals surface area contributed by atoms with Crippen LogP contribution in [0.25, 0.3) is 5.57 Å². The Balaban J connectivity index is 1.59. The summed E-state index contributed by atoms with van der Waals surface area (Å²) in [4.78, 5) is 14.8. The van der Waals surface area contributed by atoms with Gasteiger partial charge in [-0.1, -0.05) is 67.1 Å². The van der Waals surface area contributed by atoms with E-state index in [9.17, 15) is 4.79 Å². The van der Waals surface area contributed by atoms with Crippen LogP contribution in [0.3, 0.4) is 0 Å². The van der Waals surface area contributed by atoms with E-state index in [0.717, 1.165) is 36.3 Å². The summed E-state index contributed by atoms with van der Waals surface area (Å²) in [6, 6.07) is 27.0. The van der Waals surface area contributed by atoms with Crippen LogP contribution < -0.4 is 9.47 Å². The van der Waals surface area contributed by atoms with Gasteiger partial charge < -0.3 is 9.47 Å². The monoisotopic (exact) mass is 511 g/mol. The summed E-state index contributed by atoms with van der Waals surface area (Å²) in [5.74, 6) is 1.23. The number of likely N-dealkylation sites (tertiary alicyclic amines) is 1. The lowest BCUT2D eigenvalue weighted by molar-refractivity contribution is -0.142. The van der Waals surface area contributed by atoms with E-state index in [0.29, 0.717) is 12.4 Å². The van der Waals surface area contributed by atoms with E-state index >= 15 is 0 Å². The van der Waals surface area contributed by atoms with Gasteiger partial charge in [0.2, 0.25) is 0 Å². The van der Waals surface area contributed by atoms with E-state index in [1.165, 1.54) is 42.6 Å². The molecule has 0 aromatic heterocycles. The highest BCUT2D eigenvalue weighted by Gasteiger charge is 2.24. The van der Waals surface area contributed by atoms with Gasteiger partial charge in [-0.15, -0.1) is 0 Å². The fourth-order valence-corrected chi connectivity index (χ4v) is 4.77. The zero-order valence-corrected chi connectivity index (χ0v) is 23.3. The zero-order valence-electron chi connectivity index (χ0n) is 23.3. The van der Waals surface area contributed by atoms with Crippen molar-refractivity contribution in [2.75, 3.05) is 26.2 Å². The Hall–Kier alpha value is -3.37. The van der Waals surface area contributed by atoms with Crippen LogP contribution in [0.5, 0.6) is 11.5 Å². The topological polar surface area (TPSA) is 38.8 Å². The second-order valence-corrected chi connectivity index (χ2v) is 11.1. The molecule has 3 aromatic carbocycles. The van der Waals surface area contributed by atoms with Crippen molar-refractivity contribution >= 4 is 11.5 Å². The molecular formula is C34H41NO3. The molecule has 1 aliphatic rings. The first-order valence-corrected chi connectivity index (χ1v) is 13.9. The predicted molar refractivity (Wildman–Crippen MR) is 156 cm³/mol. The minimum Gasteiger partial charge on any atom is -0.492 e. The third kappa shape index (κ3) is 7.58. The average Bonchev–Trinajstić information content (AvgIpc) is 3.44. The normalized spacial score (nSPS) is 14.7. The molecule has 0 amide bonds. The second kappa shape index (κ2) is 12.9. The number of allylic oxidation sites excluding steroid dienone is 1. The van der Waals surface area contributed by atoms with Gasteiger partial charge >= 0.3 is 5.97 Å². The van der Waals surface area contributed by atoms with E-state index < -0.39 is 5.41 Å². The molecule has 0 atom stereocenters. The van der Waals surface area contributed by atoms with Gasteiger partial charge in [0.1, 0.15) is 18.1 Å². The Morgan fingerprint density at radius 1 is 0.816 bits per heavy atom. The lowest BCUT2D eigenvalue weighted by Gasteiger charge is -2.19. The van der Waals surface area contributed by atoms with Crippen molar-refractivity contribution in [3.05, 3.63) is 101 Å². The summed E-state index contributed by atoms with van der Waals surface area (Å²) in [5, 5.41) is 0. The first-order valence-electron chi connectivity index (χ1n) is 13.9. The Morgan fingerprint density at radius 3 is 1.95 bits per heavy atom. The summed E-state index contributed by atoms with van der Waals surface area (Å²) in [6.07, 6.45) is 4.40. The van der Waals surface area contributed by atoms with Gasteiger partial charge in [-0.05, 0) is 106 Å². The predicted octanol–water partition coefficient (Wildman–Crippen LogP) is 7.57. The Bertz CT molecular complexity index is 1200. The quantitative estimate of drug-likeness (QED) is 0.208. The van der Waals surface area contributed by atoms with Gasteiger partial charge in [0.15, 0.2) is 0 Å².